The summed E-state index contributed by atoms with van der Waals surface area (Å²) >= 11 is 0. The van der Waals surface area contributed by atoms with Gasteiger partial charge >= 0.3 is 0 Å². The fourth-order valence-electron chi connectivity index (χ4n) is 3.90. The second-order valence-corrected chi connectivity index (χ2v) is 6.45. The Hall–Kier alpha value is -1.46. The molecular weight excluding hydrogens is 280 g/mol. The first-order chi connectivity index (χ1) is 10.8. The van der Waals surface area contributed by atoms with Gasteiger partial charge in [-0.25, -0.2) is 0 Å². The summed E-state index contributed by atoms with van der Waals surface area (Å²) in [5.41, 5.74) is 1.24. The second-order valence-electron chi connectivity index (χ2n) is 6.45. The Bertz CT molecular complexity index is 549. The van der Waals surface area contributed by atoms with Crippen molar-refractivity contribution in [3.8, 4) is 17.2 Å². The average molecular weight is 304 g/mol. The highest BCUT2D eigenvalue weighted by atomic mass is 16.7. The minimum Gasteiger partial charge on any atom is -0.493 e. The van der Waals surface area contributed by atoms with E-state index >= 15 is 0 Å². The van der Waals surface area contributed by atoms with Crippen LogP contribution in [0.2, 0.25) is 0 Å². The first kappa shape index (κ1) is 14.2. The van der Waals surface area contributed by atoms with Gasteiger partial charge in [0.25, 0.3) is 0 Å². The molecule has 120 valence electrons. The molecule has 0 N–H and O–H groups in total. The van der Waals surface area contributed by atoms with E-state index in [0.29, 0.717) is 0 Å². The number of piperazine rings is 1. The second kappa shape index (κ2) is 5.97. The molecule has 0 unspecified atom stereocenters. The Labute approximate surface area is 131 Å². The molecule has 22 heavy (non-hydrogen) atoms. The number of methoxy groups -OCH3 is 1. The van der Waals surface area contributed by atoms with Gasteiger partial charge in [0.15, 0.2) is 11.5 Å². The summed E-state index contributed by atoms with van der Waals surface area (Å²) in [5, 5.41) is 0. The van der Waals surface area contributed by atoms with Crippen LogP contribution < -0.4 is 14.2 Å². The third-order valence-electron chi connectivity index (χ3n) is 5.05. The van der Waals surface area contributed by atoms with E-state index in [-0.39, 0.29) is 6.79 Å². The van der Waals surface area contributed by atoms with Crippen molar-refractivity contribution >= 4 is 0 Å². The molecule has 1 aromatic rings. The van der Waals surface area contributed by atoms with Crippen molar-refractivity contribution < 1.29 is 14.2 Å². The van der Waals surface area contributed by atoms with E-state index in [1.165, 1.54) is 44.5 Å². The summed E-state index contributed by atoms with van der Waals surface area (Å²) in [5.74, 6) is 2.33. The van der Waals surface area contributed by atoms with E-state index in [1.807, 2.05) is 0 Å². The van der Waals surface area contributed by atoms with Gasteiger partial charge in [-0.2, -0.15) is 0 Å². The van der Waals surface area contributed by atoms with Crippen molar-refractivity contribution in [1.29, 1.82) is 0 Å². The maximum atomic E-state index is 5.53. The molecule has 3 heterocycles. The molecule has 0 saturated carbocycles. The van der Waals surface area contributed by atoms with Crippen LogP contribution in [0.4, 0.5) is 0 Å². The first-order valence-corrected chi connectivity index (χ1v) is 8.26. The Balaban J connectivity index is 1.47. The van der Waals surface area contributed by atoms with E-state index in [0.717, 1.165) is 36.4 Å². The highest BCUT2D eigenvalue weighted by Gasteiger charge is 2.29. The number of fused-ring (bicyclic) bond motifs is 2. The van der Waals surface area contributed by atoms with Crippen LogP contribution in [0.15, 0.2) is 12.1 Å². The summed E-state index contributed by atoms with van der Waals surface area (Å²) in [6, 6.07) is 4.93. The fourth-order valence-corrected chi connectivity index (χ4v) is 3.90. The minimum atomic E-state index is 0.288. The molecule has 1 atom stereocenters. The van der Waals surface area contributed by atoms with Gasteiger partial charge in [0, 0.05) is 32.2 Å². The Kier molecular flexibility index (Phi) is 3.84. The highest BCUT2D eigenvalue weighted by molar-refractivity contribution is 5.55. The molecule has 5 heteroatoms. The molecular formula is C17H24N2O3. The fraction of sp³-hybridized carbons (Fsp3) is 0.647. The predicted octanol–water partition coefficient (Wildman–Crippen LogP) is 2.09. The van der Waals surface area contributed by atoms with Gasteiger partial charge in [-0.15, -0.1) is 0 Å². The van der Waals surface area contributed by atoms with Crippen molar-refractivity contribution in [3.05, 3.63) is 17.7 Å². The first-order valence-electron chi connectivity index (χ1n) is 8.26. The lowest BCUT2D eigenvalue weighted by molar-refractivity contribution is 0.0456. The molecule has 0 spiro atoms. The van der Waals surface area contributed by atoms with Crippen molar-refractivity contribution in [2.45, 2.75) is 31.8 Å². The molecule has 0 amide bonds. The number of hydrogen-bond donors (Lipinski definition) is 0. The van der Waals surface area contributed by atoms with Crippen LogP contribution >= 0.6 is 0 Å². The molecule has 2 fully saturated rings. The summed E-state index contributed by atoms with van der Waals surface area (Å²) in [6.45, 7) is 6.06. The van der Waals surface area contributed by atoms with Crippen molar-refractivity contribution in [2.75, 3.05) is 40.1 Å². The number of ether oxygens (including phenoxy) is 3. The Morgan fingerprint density at radius 2 is 2.14 bits per heavy atom. The van der Waals surface area contributed by atoms with Crippen LogP contribution in [-0.4, -0.2) is 55.9 Å². The lowest BCUT2D eigenvalue weighted by atomic mass is 9.99. The van der Waals surface area contributed by atoms with Gasteiger partial charge in [0.2, 0.25) is 12.5 Å². The SMILES string of the molecule is COc1cc(CN2CCN3CCCC[C@H]3C2)cc2c1OCO2. The van der Waals surface area contributed by atoms with Crippen LogP contribution in [0.25, 0.3) is 0 Å². The van der Waals surface area contributed by atoms with Crippen LogP contribution in [0.1, 0.15) is 24.8 Å². The molecule has 0 radical (unpaired) electrons. The minimum absolute atomic E-state index is 0.288. The summed E-state index contributed by atoms with van der Waals surface area (Å²) in [7, 11) is 1.68. The number of rotatable bonds is 3. The summed E-state index contributed by atoms with van der Waals surface area (Å²) < 4.78 is 16.4. The monoisotopic (exact) mass is 304 g/mol. The third kappa shape index (κ3) is 2.63. The number of piperidine rings is 1. The van der Waals surface area contributed by atoms with E-state index in [9.17, 15) is 0 Å². The van der Waals surface area contributed by atoms with E-state index < -0.39 is 0 Å². The quantitative estimate of drug-likeness (QED) is 0.854. The largest absolute Gasteiger partial charge is 0.493 e. The molecule has 0 bridgehead atoms. The molecule has 4 rings (SSSR count). The zero-order valence-electron chi connectivity index (χ0n) is 13.2. The van der Waals surface area contributed by atoms with E-state index in [1.54, 1.807) is 7.11 Å². The maximum Gasteiger partial charge on any atom is 0.231 e. The van der Waals surface area contributed by atoms with Gasteiger partial charge in [0.1, 0.15) is 0 Å². The van der Waals surface area contributed by atoms with Crippen LogP contribution in [0.3, 0.4) is 0 Å². The zero-order valence-corrected chi connectivity index (χ0v) is 13.2. The van der Waals surface area contributed by atoms with Crippen molar-refractivity contribution in [1.82, 2.24) is 9.80 Å². The third-order valence-corrected chi connectivity index (χ3v) is 5.05. The standard InChI is InChI=1S/C17H24N2O3/c1-20-15-8-13(9-16-17(15)22-12-21-16)10-18-6-7-19-5-3-2-4-14(19)11-18/h8-9,14H,2-7,10-12H2,1H3/t14-/m0/s1. The van der Waals surface area contributed by atoms with Crippen LogP contribution in [-0.2, 0) is 6.54 Å². The summed E-state index contributed by atoms with van der Waals surface area (Å²) in [4.78, 5) is 5.23. The Morgan fingerprint density at radius 1 is 1.18 bits per heavy atom. The van der Waals surface area contributed by atoms with Gasteiger partial charge in [-0.3, -0.25) is 9.80 Å². The van der Waals surface area contributed by atoms with Crippen LogP contribution in [0, 0.1) is 0 Å². The Morgan fingerprint density at radius 3 is 3.05 bits per heavy atom. The highest BCUT2D eigenvalue weighted by Crippen LogP contribution is 2.42. The van der Waals surface area contributed by atoms with Crippen molar-refractivity contribution in [2.24, 2.45) is 0 Å². The topological polar surface area (TPSA) is 34.2 Å². The predicted molar refractivity (Wildman–Crippen MR) is 83.6 cm³/mol. The normalized spacial score (nSPS) is 25.0. The molecule has 3 aliphatic rings. The van der Waals surface area contributed by atoms with Gasteiger partial charge in [-0.1, -0.05) is 6.42 Å². The smallest absolute Gasteiger partial charge is 0.231 e. The van der Waals surface area contributed by atoms with E-state index in [4.69, 9.17) is 14.2 Å². The average Bonchev–Trinajstić information content (AvgIpc) is 3.02. The lowest BCUT2D eigenvalue weighted by Gasteiger charge is -2.44. The van der Waals surface area contributed by atoms with Gasteiger partial charge in [-0.05, 0) is 37.1 Å². The lowest BCUT2D eigenvalue weighted by Crippen LogP contribution is -2.54. The molecule has 1 aromatic carbocycles. The number of hydrogen-bond acceptors (Lipinski definition) is 5. The maximum absolute atomic E-state index is 5.53. The number of nitrogens with zero attached hydrogens (tertiary/aromatic N) is 2. The van der Waals surface area contributed by atoms with Gasteiger partial charge in [0.05, 0.1) is 7.11 Å². The van der Waals surface area contributed by atoms with Crippen molar-refractivity contribution in [3.63, 3.8) is 0 Å². The number of benzene rings is 1. The molecule has 0 aliphatic carbocycles. The zero-order chi connectivity index (χ0) is 14.9. The van der Waals surface area contributed by atoms with Crippen LogP contribution in [0.5, 0.6) is 17.2 Å². The molecule has 0 aromatic heterocycles. The molecule has 3 aliphatic heterocycles. The molecule has 2 saturated heterocycles. The van der Waals surface area contributed by atoms with E-state index in [2.05, 4.69) is 21.9 Å². The molecule has 5 nitrogen and oxygen atoms in total. The summed E-state index contributed by atoms with van der Waals surface area (Å²) in [6.07, 6.45) is 4.10. The van der Waals surface area contributed by atoms with Gasteiger partial charge < -0.3 is 14.2 Å².